The van der Waals surface area contributed by atoms with E-state index in [1.165, 1.54) is 4.90 Å². The Labute approximate surface area is 122 Å². The lowest BCUT2D eigenvalue weighted by atomic mass is 9.89. The molecule has 2 aliphatic rings. The Morgan fingerprint density at radius 3 is 2.81 bits per heavy atom. The van der Waals surface area contributed by atoms with Crippen molar-refractivity contribution in [3.05, 3.63) is 29.8 Å². The van der Waals surface area contributed by atoms with Crippen LogP contribution in [-0.4, -0.2) is 52.2 Å². The molecule has 0 aliphatic carbocycles. The Balaban J connectivity index is 1.87. The number of rotatable bonds is 2. The standard InChI is InChI=1S/C15H18N2O4/c18-9-7-13(15(20)21)17(8-9)14(19)11-5-6-16-12-4-2-1-3-10(11)12/h1-4,9,11,13,16,18H,5-8H2,(H,20,21)/t9-,11?,13+/m1/s1. The van der Waals surface area contributed by atoms with E-state index in [2.05, 4.69) is 5.32 Å². The van der Waals surface area contributed by atoms with Crippen molar-refractivity contribution < 1.29 is 19.8 Å². The summed E-state index contributed by atoms with van der Waals surface area (Å²) in [6, 6.07) is 6.67. The molecule has 1 fully saturated rings. The lowest BCUT2D eigenvalue weighted by Gasteiger charge is -2.31. The van der Waals surface area contributed by atoms with Crippen LogP contribution in [0.3, 0.4) is 0 Å². The Bertz CT molecular complexity index is 575. The van der Waals surface area contributed by atoms with Crippen LogP contribution in [0.1, 0.15) is 24.3 Å². The van der Waals surface area contributed by atoms with Gasteiger partial charge in [0.15, 0.2) is 0 Å². The van der Waals surface area contributed by atoms with Gasteiger partial charge in [0.25, 0.3) is 0 Å². The molecule has 21 heavy (non-hydrogen) atoms. The van der Waals surface area contributed by atoms with Gasteiger partial charge in [0.1, 0.15) is 6.04 Å². The number of aliphatic hydroxyl groups is 1. The monoisotopic (exact) mass is 290 g/mol. The minimum atomic E-state index is -1.05. The SMILES string of the molecule is O=C(O)[C@@H]1C[C@@H](O)CN1C(=O)C1CCNc2ccccc21. The Morgan fingerprint density at radius 1 is 1.29 bits per heavy atom. The van der Waals surface area contributed by atoms with Crippen molar-refractivity contribution in [1.29, 1.82) is 0 Å². The number of hydrogen-bond acceptors (Lipinski definition) is 4. The largest absolute Gasteiger partial charge is 0.480 e. The fraction of sp³-hybridized carbons (Fsp3) is 0.467. The molecule has 1 saturated heterocycles. The van der Waals surface area contributed by atoms with Gasteiger partial charge in [-0.3, -0.25) is 4.79 Å². The number of carbonyl (C=O) groups excluding carboxylic acids is 1. The number of aliphatic carboxylic acids is 1. The second-order valence-corrected chi connectivity index (χ2v) is 5.59. The first-order valence-corrected chi connectivity index (χ1v) is 7.12. The van der Waals surface area contributed by atoms with Crippen LogP contribution in [0.25, 0.3) is 0 Å². The Morgan fingerprint density at radius 2 is 2.05 bits per heavy atom. The fourth-order valence-electron chi connectivity index (χ4n) is 3.22. The number of β-amino-alcohol motifs (C(OH)–C–C–N with tert-alkyl or cyclic N) is 1. The first-order valence-electron chi connectivity index (χ1n) is 7.12. The van der Waals surface area contributed by atoms with Crippen molar-refractivity contribution in [1.82, 2.24) is 4.90 Å². The molecule has 6 heteroatoms. The highest BCUT2D eigenvalue weighted by atomic mass is 16.4. The van der Waals surface area contributed by atoms with Gasteiger partial charge in [0, 0.05) is 25.2 Å². The molecule has 3 rings (SSSR count). The summed E-state index contributed by atoms with van der Waals surface area (Å²) < 4.78 is 0. The zero-order valence-electron chi connectivity index (χ0n) is 11.5. The first-order chi connectivity index (χ1) is 10.1. The molecular weight excluding hydrogens is 272 g/mol. The van der Waals surface area contributed by atoms with E-state index < -0.39 is 18.1 Å². The van der Waals surface area contributed by atoms with Crippen LogP contribution in [0.2, 0.25) is 0 Å². The number of hydrogen-bond donors (Lipinski definition) is 3. The van der Waals surface area contributed by atoms with Crippen LogP contribution in [0.5, 0.6) is 0 Å². The number of carbonyl (C=O) groups is 2. The third-order valence-corrected chi connectivity index (χ3v) is 4.23. The molecule has 1 aromatic rings. The third-order valence-electron chi connectivity index (χ3n) is 4.23. The number of amides is 1. The Hall–Kier alpha value is -2.08. The number of nitrogens with zero attached hydrogens (tertiary/aromatic N) is 1. The molecule has 0 aromatic heterocycles. The van der Waals surface area contributed by atoms with Crippen molar-refractivity contribution in [3.63, 3.8) is 0 Å². The van der Waals surface area contributed by atoms with Crippen LogP contribution < -0.4 is 5.32 Å². The van der Waals surface area contributed by atoms with Crippen LogP contribution >= 0.6 is 0 Å². The highest BCUT2D eigenvalue weighted by Gasteiger charge is 2.42. The second kappa shape index (κ2) is 5.37. The molecule has 1 amide bonds. The summed E-state index contributed by atoms with van der Waals surface area (Å²) >= 11 is 0. The fourth-order valence-corrected chi connectivity index (χ4v) is 3.22. The van der Waals surface area contributed by atoms with E-state index in [0.29, 0.717) is 13.0 Å². The zero-order valence-corrected chi connectivity index (χ0v) is 11.5. The van der Waals surface area contributed by atoms with Gasteiger partial charge in [0.2, 0.25) is 5.91 Å². The van der Waals surface area contributed by atoms with Gasteiger partial charge in [-0.2, -0.15) is 0 Å². The average Bonchev–Trinajstić information content (AvgIpc) is 2.88. The lowest BCUT2D eigenvalue weighted by molar-refractivity contribution is -0.148. The van der Waals surface area contributed by atoms with Crippen molar-refractivity contribution in [2.75, 3.05) is 18.4 Å². The van der Waals surface area contributed by atoms with E-state index in [9.17, 15) is 19.8 Å². The minimum absolute atomic E-state index is 0.0991. The number of anilines is 1. The van der Waals surface area contributed by atoms with Gasteiger partial charge in [-0.05, 0) is 18.1 Å². The lowest BCUT2D eigenvalue weighted by Crippen LogP contribution is -2.44. The molecule has 1 unspecified atom stereocenters. The second-order valence-electron chi connectivity index (χ2n) is 5.59. The summed E-state index contributed by atoms with van der Waals surface area (Å²) in [7, 11) is 0. The molecule has 3 N–H and O–H groups in total. The molecule has 2 heterocycles. The highest BCUT2D eigenvalue weighted by Crippen LogP contribution is 2.34. The highest BCUT2D eigenvalue weighted by molar-refractivity contribution is 5.90. The third kappa shape index (κ3) is 2.47. The molecule has 1 aromatic carbocycles. The summed E-state index contributed by atoms with van der Waals surface area (Å²) in [4.78, 5) is 25.3. The molecule has 0 bridgehead atoms. The van der Waals surface area contributed by atoms with Gasteiger partial charge in [-0.15, -0.1) is 0 Å². The maximum absolute atomic E-state index is 12.7. The predicted molar refractivity (Wildman–Crippen MR) is 76.1 cm³/mol. The number of carboxylic acids is 1. The molecule has 6 nitrogen and oxygen atoms in total. The van der Waals surface area contributed by atoms with E-state index in [0.717, 1.165) is 11.3 Å². The quantitative estimate of drug-likeness (QED) is 0.743. The van der Waals surface area contributed by atoms with E-state index >= 15 is 0 Å². The summed E-state index contributed by atoms with van der Waals surface area (Å²) in [5.41, 5.74) is 1.83. The normalized spacial score (nSPS) is 27.9. The molecule has 112 valence electrons. The van der Waals surface area contributed by atoms with Crippen molar-refractivity contribution in [3.8, 4) is 0 Å². The first kappa shape index (κ1) is 13.9. The summed E-state index contributed by atoms with van der Waals surface area (Å²) in [6.07, 6.45) is -0.0188. The number of aliphatic hydroxyl groups excluding tert-OH is 1. The van der Waals surface area contributed by atoms with Crippen molar-refractivity contribution in [2.45, 2.75) is 30.9 Å². The van der Waals surface area contributed by atoms with E-state index in [4.69, 9.17) is 0 Å². The summed E-state index contributed by atoms with van der Waals surface area (Å²) in [6.45, 7) is 0.781. The van der Waals surface area contributed by atoms with Gasteiger partial charge in [-0.1, -0.05) is 18.2 Å². The number of fused-ring (bicyclic) bond motifs is 1. The molecule has 2 aliphatic heterocycles. The van der Waals surface area contributed by atoms with Gasteiger partial charge in [-0.25, -0.2) is 4.79 Å². The number of para-hydroxylation sites is 1. The van der Waals surface area contributed by atoms with Gasteiger partial charge in [0.05, 0.1) is 12.0 Å². The van der Waals surface area contributed by atoms with Crippen LogP contribution in [0, 0.1) is 0 Å². The van der Waals surface area contributed by atoms with E-state index in [1.807, 2.05) is 24.3 Å². The van der Waals surface area contributed by atoms with Crippen LogP contribution in [-0.2, 0) is 9.59 Å². The topological polar surface area (TPSA) is 89.9 Å². The Kier molecular flexibility index (Phi) is 3.55. The maximum atomic E-state index is 12.7. The zero-order chi connectivity index (χ0) is 15.0. The number of likely N-dealkylation sites (tertiary alicyclic amines) is 1. The molecule has 0 saturated carbocycles. The number of nitrogens with one attached hydrogen (secondary N) is 1. The van der Waals surface area contributed by atoms with Gasteiger partial charge >= 0.3 is 5.97 Å². The minimum Gasteiger partial charge on any atom is -0.480 e. The van der Waals surface area contributed by atoms with Gasteiger partial charge < -0.3 is 20.4 Å². The van der Waals surface area contributed by atoms with Crippen LogP contribution in [0.15, 0.2) is 24.3 Å². The molecule has 0 spiro atoms. The maximum Gasteiger partial charge on any atom is 0.326 e. The molecule has 3 atom stereocenters. The van der Waals surface area contributed by atoms with E-state index in [1.54, 1.807) is 0 Å². The van der Waals surface area contributed by atoms with Crippen LogP contribution in [0.4, 0.5) is 5.69 Å². The summed E-state index contributed by atoms with van der Waals surface area (Å²) in [5, 5.41) is 22.2. The van der Waals surface area contributed by atoms with E-state index in [-0.39, 0.29) is 24.8 Å². The number of benzene rings is 1. The molecule has 0 radical (unpaired) electrons. The smallest absolute Gasteiger partial charge is 0.326 e. The average molecular weight is 290 g/mol. The number of carboxylic acid groups (broad SMARTS) is 1. The van der Waals surface area contributed by atoms with Crippen molar-refractivity contribution >= 4 is 17.6 Å². The molecular formula is C15H18N2O4. The summed E-state index contributed by atoms with van der Waals surface area (Å²) in [5.74, 6) is -1.59. The van der Waals surface area contributed by atoms with Crippen molar-refractivity contribution in [2.24, 2.45) is 0 Å². The predicted octanol–water partition coefficient (Wildman–Crippen LogP) is 0.632.